The van der Waals surface area contributed by atoms with Crippen molar-refractivity contribution in [1.29, 1.82) is 0 Å². The number of rotatable bonds is 6. The first-order valence-electron chi connectivity index (χ1n) is 8.80. The lowest BCUT2D eigenvalue weighted by molar-refractivity contribution is -0.250. The number of hydrogen-bond donors (Lipinski definition) is 6. The van der Waals surface area contributed by atoms with Gasteiger partial charge in [0.15, 0.2) is 17.4 Å². The van der Waals surface area contributed by atoms with Crippen LogP contribution in [0, 0.1) is 5.92 Å². The number of aromatic nitrogens is 4. The summed E-state index contributed by atoms with van der Waals surface area (Å²) in [5.74, 6) is 0.133. The molecule has 2 aromatic heterocycles. The van der Waals surface area contributed by atoms with Crippen LogP contribution in [0.5, 0.6) is 0 Å². The highest BCUT2D eigenvalue weighted by Gasteiger charge is 2.44. The summed E-state index contributed by atoms with van der Waals surface area (Å²) < 4.78 is 6.98. The molecule has 2 aromatic rings. The van der Waals surface area contributed by atoms with E-state index in [4.69, 9.17) is 9.84 Å². The lowest BCUT2D eigenvalue weighted by Crippen LogP contribution is -2.56. The molecule has 1 saturated heterocycles. The molecule has 1 aliphatic rings. The molecule has 1 aliphatic heterocycles. The van der Waals surface area contributed by atoms with Gasteiger partial charge in [0.1, 0.15) is 36.3 Å². The molecule has 0 aliphatic carbocycles. The summed E-state index contributed by atoms with van der Waals surface area (Å²) in [5, 5.41) is 48.7. The highest BCUT2D eigenvalue weighted by atomic mass is 16.6. The molecular formula is C16H25N5O6. The van der Waals surface area contributed by atoms with E-state index in [2.05, 4.69) is 19.9 Å². The highest BCUT2D eigenvalue weighted by Crippen LogP contribution is 2.29. The van der Waals surface area contributed by atoms with Crippen LogP contribution in [0.2, 0.25) is 0 Å². The average Bonchev–Trinajstić information content (AvgIpc) is 3.17. The van der Waals surface area contributed by atoms with Crippen LogP contribution in [0.15, 0.2) is 17.6 Å². The standard InChI is InChI=1S/C16H25N5O6/c1-8(4-22)2-3-17-14-10-15(19-6-18-10)21(7-20-14)16-13(26)12(25)11(24)9(5-23)27-16/h6-9,11-13,16,22-26H,2-5H2,1H3,(H,18,19)/t8?,9-,11-,12+,13-,16-/m1/s1. The Labute approximate surface area is 154 Å². The Bertz CT molecular complexity index is 821. The molecule has 3 heterocycles. The fourth-order valence-corrected chi connectivity index (χ4v) is 2.98. The molecule has 1 fully saturated rings. The van der Waals surface area contributed by atoms with Crippen molar-refractivity contribution in [3.63, 3.8) is 0 Å². The van der Waals surface area contributed by atoms with Crippen molar-refractivity contribution in [2.75, 3.05) is 19.8 Å². The van der Waals surface area contributed by atoms with Gasteiger partial charge in [-0.05, 0) is 12.3 Å². The zero-order chi connectivity index (χ0) is 19.6. The van der Waals surface area contributed by atoms with Crippen molar-refractivity contribution in [2.24, 2.45) is 10.9 Å². The number of ether oxygens (including phenoxy) is 1. The fourth-order valence-electron chi connectivity index (χ4n) is 2.98. The van der Waals surface area contributed by atoms with Crippen LogP contribution < -0.4 is 5.49 Å². The van der Waals surface area contributed by atoms with Gasteiger partial charge in [-0.2, -0.15) is 0 Å². The van der Waals surface area contributed by atoms with E-state index >= 15 is 0 Å². The Morgan fingerprint density at radius 2 is 2.00 bits per heavy atom. The summed E-state index contributed by atoms with van der Waals surface area (Å²) in [4.78, 5) is 15.8. The van der Waals surface area contributed by atoms with Crippen LogP contribution in [-0.4, -0.2) is 89.2 Å². The second-order valence-electron chi connectivity index (χ2n) is 6.75. The molecule has 11 heteroatoms. The molecule has 6 N–H and O–H groups in total. The number of imidazole rings is 1. The van der Waals surface area contributed by atoms with E-state index in [9.17, 15) is 20.4 Å². The minimum absolute atomic E-state index is 0.0916. The number of fused-ring (bicyclic) bond motifs is 1. The lowest BCUT2D eigenvalue weighted by Gasteiger charge is -2.40. The normalized spacial score (nSPS) is 30.7. The highest BCUT2D eigenvalue weighted by molar-refractivity contribution is 5.68. The monoisotopic (exact) mass is 383 g/mol. The van der Waals surface area contributed by atoms with Gasteiger partial charge >= 0.3 is 0 Å². The summed E-state index contributed by atoms with van der Waals surface area (Å²) in [6.07, 6.45) is -2.97. The summed E-state index contributed by atoms with van der Waals surface area (Å²) in [6, 6.07) is 0. The molecule has 0 saturated carbocycles. The van der Waals surface area contributed by atoms with Crippen LogP contribution in [0.4, 0.5) is 0 Å². The van der Waals surface area contributed by atoms with Crippen LogP contribution in [0.25, 0.3) is 11.2 Å². The van der Waals surface area contributed by atoms with Gasteiger partial charge in [0, 0.05) is 13.2 Å². The van der Waals surface area contributed by atoms with Crippen LogP contribution in [0.1, 0.15) is 19.6 Å². The Kier molecular flexibility index (Phi) is 6.19. The number of hydrogen-bond acceptors (Lipinski definition) is 9. The van der Waals surface area contributed by atoms with Gasteiger partial charge in [0.05, 0.1) is 12.9 Å². The summed E-state index contributed by atoms with van der Waals surface area (Å²) in [5.41, 5.74) is 1.34. The largest absolute Gasteiger partial charge is 0.396 e. The Morgan fingerprint density at radius 3 is 2.70 bits per heavy atom. The fraction of sp³-hybridized carbons (Fsp3) is 0.688. The topological polar surface area (TPSA) is 169 Å². The van der Waals surface area contributed by atoms with Crippen molar-refractivity contribution < 1.29 is 30.3 Å². The zero-order valence-corrected chi connectivity index (χ0v) is 14.9. The maximum Gasteiger partial charge on any atom is 0.176 e. The van der Waals surface area contributed by atoms with Gasteiger partial charge in [0.2, 0.25) is 0 Å². The maximum absolute atomic E-state index is 10.3. The predicted octanol–water partition coefficient (Wildman–Crippen LogP) is -2.35. The quantitative estimate of drug-likeness (QED) is 0.322. The lowest BCUT2D eigenvalue weighted by atomic mass is 9.98. The molecule has 0 radical (unpaired) electrons. The van der Waals surface area contributed by atoms with Crippen molar-refractivity contribution in [3.05, 3.63) is 18.1 Å². The Morgan fingerprint density at radius 1 is 1.22 bits per heavy atom. The summed E-state index contributed by atoms with van der Waals surface area (Å²) >= 11 is 0. The number of aliphatic hydroxyl groups excluding tert-OH is 5. The van der Waals surface area contributed by atoms with Gasteiger partial charge in [-0.25, -0.2) is 9.97 Å². The summed E-state index contributed by atoms with van der Waals surface area (Å²) in [7, 11) is 0. The van der Waals surface area contributed by atoms with Crippen LogP contribution in [-0.2, 0) is 4.74 Å². The second-order valence-corrected chi connectivity index (χ2v) is 6.75. The maximum atomic E-state index is 10.3. The van der Waals surface area contributed by atoms with E-state index in [1.165, 1.54) is 17.2 Å². The van der Waals surface area contributed by atoms with E-state index in [1.807, 2.05) is 6.92 Å². The Balaban J connectivity index is 1.93. The third-order valence-electron chi connectivity index (χ3n) is 4.73. The molecule has 1 unspecified atom stereocenters. The molecule has 0 amide bonds. The van der Waals surface area contributed by atoms with E-state index in [0.29, 0.717) is 29.6 Å². The number of aromatic amines is 1. The number of nitrogens with zero attached hydrogens (tertiary/aromatic N) is 4. The Hall–Kier alpha value is -1.89. The third-order valence-corrected chi connectivity index (χ3v) is 4.73. The molecule has 0 spiro atoms. The number of aliphatic hydroxyl groups is 5. The van der Waals surface area contributed by atoms with Gasteiger partial charge in [-0.1, -0.05) is 6.92 Å². The number of nitrogens with one attached hydrogen (secondary N) is 1. The zero-order valence-electron chi connectivity index (χ0n) is 14.9. The van der Waals surface area contributed by atoms with Crippen LogP contribution >= 0.6 is 0 Å². The molecule has 0 bridgehead atoms. The molecule has 11 nitrogen and oxygen atoms in total. The third kappa shape index (κ3) is 3.88. The summed E-state index contributed by atoms with van der Waals surface area (Å²) in [6.45, 7) is 1.98. The second kappa shape index (κ2) is 8.42. The van der Waals surface area contributed by atoms with Gasteiger partial charge < -0.3 is 35.3 Å². The van der Waals surface area contributed by atoms with E-state index in [1.54, 1.807) is 0 Å². The smallest absolute Gasteiger partial charge is 0.176 e. The first-order valence-corrected chi connectivity index (χ1v) is 8.80. The molecular weight excluding hydrogens is 358 g/mol. The molecule has 150 valence electrons. The van der Waals surface area contributed by atoms with Crippen LogP contribution in [0.3, 0.4) is 0 Å². The minimum atomic E-state index is -1.49. The van der Waals surface area contributed by atoms with Crippen molar-refractivity contribution in [2.45, 2.75) is 44.0 Å². The molecule has 6 atom stereocenters. The molecule has 3 rings (SSSR count). The minimum Gasteiger partial charge on any atom is -0.396 e. The van der Waals surface area contributed by atoms with E-state index < -0.39 is 37.3 Å². The average molecular weight is 383 g/mol. The van der Waals surface area contributed by atoms with Crippen molar-refractivity contribution in [1.82, 2.24) is 19.5 Å². The van der Waals surface area contributed by atoms with E-state index in [0.717, 1.165) is 0 Å². The van der Waals surface area contributed by atoms with Crippen molar-refractivity contribution in [3.8, 4) is 0 Å². The van der Waals surface area contributed by atoms with Gasteiger partial charge in [0.25, 0.3) is 0 Å². The van der Waals surface area contributed by atoms with Gasteiger partial charge in [-0.3, -0.25) is 9.56 Å². The SMILES string of the molecule is CC(CO)CCN=c1ncn([C@@H]2O[C@H](CO)[C@@H](O)[C@H](O)[C@H]2O)c2nc[nH]c12. The first-order chi connectivity index (χ1) is 13.0. The molecule has 27 heavy (non-hydrogen) atoms. The molecule has 0 aromatic carbocycles. The predicted molar refractivity (Wildman–Crippen MR) is 92.2 cm³/mol. The van der Waals surface area contributed by atoms with Gasteiger partial charge in [-0.15, -0.1) is 0 Å². The first kappa shape index (κ1) is 19.9. The number of H-pyrrole nitrogens is 1. The van der Waals surface area contributed by atoms with Crippen molar-refractivity contribution >= 4 is 11.2 Å². The van der Waals surface area contributed by atoms with E-state index in [-0.39, 0.29) is 12.5 Å².